The second-order valence-electron chi connectivity index (χ2n) is 4.30. The first-order chi connectivity index (χ1) is 10.0. The van der Waals surface area contributed by atoms with Crippen molar-refractivity contribution < 1.29 is 0 Å². The van der Waals surface area contributed by atoms with Crippen molar-refractivity contribution in [3.05, 3.63) is 49.5 Å². The van der Waals surface area contributed by atoms with E-state index in [4.69, 9.17) is 11.6 Å². The number of rotatable bonds is 5. The van der Waals surface area contributed by atoms with Gasteiger partial charge in [0.05, 0.1) is 0 Å². The molecular weight excluding hydrogens is 312 g/mol. The van der Waals surface area contributed by atoms with E-state index >= 15 is 0 Å². The van der Waals surface area contributed by atoms with Crippen LogP contribution in [0.1, 0.15) is 12.5 Å². The van der Waals surface area contributed by atoms with Crippen LogP contribution in [0.2, 0.25) is 5.02 Å². The highest BCUT2D eigenvalue weighted by molar-refractivity contribution is 7.99. The Morgan fingerprint density at radius 3 is 2.90 bits per heavy atom. The van der Waals surface area contributed by atoms with Crippen molar-refractivity contribution in [2.24, 2.45) is 7.05 Å². The van der Waals surface area contributed by atoms with E-state index in [1.807, 2.05) is 25.1 Å². The Bertz CT molecular complexity index is 757. The molecule has 0 atom stereocenters. The number of nitrogens with zero attached hydrogens (tertiary/aromatic N) is 2. The van der Waals surface area contributed by atoms with Gasteiger partial charge in [-0.1, -0.05) is 24.6 Å². The summed E-state index contributed by atoms with van der Waals surface area (Å²) in [6, 6.07) is 5.56. The van der Waals surface area contributed by atoms with Crippen LogP contribution in [0.3, 0.4) is 0 Å². The van der Waals surface area contributed by atoms with Crippen LogP contribution >= 0.6 is 23.4 Å². The molecule has 1 heterocycles. The molecule has 0 spiro atoms. The van der Waals surface area contributed by atoms with Crippen LogP contribution in [-0.2, 0) is 13.6 Å². The maximum atomic E-state index is 11.4. The molecule has 0 aliphatic rings. The Balaban J connectivity index is 2.40. The second kappa shape index (κ2) is 6.93. The summed E-state index contributed by atoms with van der Waals surface area (Å²) in [4.78, 5) is 27.3. The number of hydrogen-bond donors (Lipinski definition) is 2. The van der Waals surface area contributed by atoms with E-state index in [1.54, 1.807) is 7.05 Å². The molecular formula is C13H15ClN4O2S. The highest BCUT2D eigenvalue weighted by atomic mass is 35.5. The minimum Gasteiger partial charge on any atom is -0.313 e. The van der Waals surface area contributed by atoms with Crippen molar-refractivity contribution in [3.8, 4) is 0 Å². The first kappa shape index (κ1) is 15.8. The van der Waals surface area contributed by atoms with Crippen molar-refractivity contribution in [1.82, 2.24) is 20.1 Å². The number of aromatic amines is 1. The third kappa shape index (κ3) is 3.75. The minimum absolute atomic E-state index is 0.402. The summed E-state index contributed by atoms with van der Waals surface area (Å²) in [6.07, 6.45) is 0. The normalized spacial score (nSPS) is 10.8. The van der Waals surface area contributed by atoms with Gasteiger partial charge in [-0.15, -0.1) is 0 Å². The number of nitrogens with one attached hydrogen (secondary N) is 2. The van der Waals surface area contributed by atoms with Gasteiger partial charge in [0.1, 0.15) is 0 Å². The Morgan fingerprint density at radius 1 is 1.43 bits per heavy atom. The molecule has 1 aromatic heterocycles. The van der Waals surface area contributed by atoms with Gasteiger partial charge in [0.15, 0.2) is 5.16 Å². The monoisotopic (exact) mass is 326 g/mol. The zero-order chi connectivity index (χ0) is 15.4. The van der Waals surface area contributed by atoms with Crippen molar-refractivity contribution in [2.45, 2.75) is 23.5 Å². The predicted molar refractivity (Wildman–Crippen MR) is 83.1 cm³/mol. The molecule has 0 saturated carbocycles. The SMILES string of the molecule is CCNCc1c(Cl)cccc1Sc1nc(=O)c(=O)[nH]n1C. The summed E-state index contributed by atoms with van der Waals surface area (Å²) in [5, 5.41) is 6.69. The molecule has 2 N–H and O–H groups in total. The van der Waals surface area contributed by atoms with E-state index in [0.29, 0.717) is 16.7 Å². The quantitative estimate of drug-likeness (QED) is 0.812. The van der Waals surface area contributed by atoms with Gasteiger partial charge in [-0.05, 0) is 36.0 Å². The van der Waals surface area contributed by atoms with E-state index < -0.39 is 11.1 Å². The van der Waals surface area contributed by atoms with E-state index in [-0.39, 0.29) is 0 Å². The van der Waals surface area contributed by atoms with Gasteiger partial charge in [0.25, 0.3) is 0 Å². The number of hydrogen-bond acceptors (Lipinski definition) is 5. The summed E-state index contributed by atoms with van der Waals surface area (Å²) in [7, 11) is 1.63. The molecule has 0 unspecified atom stereocenters. The average Bonchev–Trinajstić information content (AvgIpc) is 2.44. The van der Waals surface area contributed by atoms with E-state index in [0.717, 1.165) is 17.0 Å². The van der Waals surface area contributed by atoms with Crippen LogP contribution in [0, 0.1) is 0 Å². The van der Waals surface area contributed by atoms with E-state index in [2.05, 4.69) is 15.4 Å². The first-order valence-electron chi connectivity index (χ1n) is 6.36. The molecule has 0 amide bonds. The largest absolute Gasteiger partial charge is 0.339 e. The molecule has 8 heteroatoms. The van der Waals surface area contributed by atoms with Gasteiger partial charge in [0.2, 0.25) is 0 Å². The number of benzene rings is 1. The summed E-state index contributed by atoms with van der Waals surface area (Å²) < 4.78 is 1.42. The van der Waals surface area contributed by atoms with Gasteiger partial charge in [0, 0.05) is 23.5 Å². The third-order valence-corrected chi connectivity index (χ3v) is 4.28. The van der Waals surface area contributed by atoms with Gasteiger partial charge >= 0.3 is 11.1 Å². The molecule has 0 aliphatic heterocycles. The molecule has 0 fully saturated rings. The zero-order valence-electron chi connectivity index (χ0n) is 11.6. The average molecular weight is 327 g/mol. The molecule has 112 valence electrons. The Hall–Kier alpha value is -1.57. The van der Waals surface area contributed by atoms with E-state index in [9.17, 15) is 9.59 Å². The fourth-order valence-electron chi connectivity index (χ4n) is 1.71. The lowest BCUT2D eigenvalue weighted by atomic mass is 10.2. The number of aromatic nitrogens is 3. The molecule has 0 radical (unpaired) electrons. The van der Waals surface area contributed by atoms with Crippen molar-refractivity contribution >= 4 is 23.4 Å². The summed E-state index contributed by atoms with van der Waals surface area (Å²) in [6.45, 7) is 3.46. The minimum atomic E-state index is -0.800. The fraction of sp³-hybridized carbons (Fsp3) is 0.308. The van der Waals surface area contributed by atoms with Crippen LogP contribution < -0.4 is 16.4 Å². The Morgan fingerprint density at radius 2 is 2.19 bits per heavy atom. The maximum absolute atomic E-state index is 11.4. The van der Waals surface area contributed by atoms with Crippen LogP contribution in [0.15, 0.2) is 37.8 Å². The maximum Gasteiger partial charge on any atom is 0.339 e. The molecule has 2 rings (SSSR count). The fourth-order valence-corrected chi connectivity index (χ4v) is 2.96. The topological polar surface area (TPSA) is 79.8 Å². The van der Waals surface area contributed by atoms with Crippen LogP contribution in [-0.4, -0.2) is 21.3 Å². The number of H-pyrrole nitrogens is 1. The van der Waals surface area contributed by atoms with Gasteiger partial charge in [-0.25, -0.2) is 0 Å². The Labute approximate surface area is 130 Å². The lowest BCUT2D eigenvalue weighted by molar-refractivity contribution is 0.596. The van der Waals surface area contributed by atoms with Crippen LogP contribution in [0.4, 0.5) is 0 Å². The molecule has 0 saturated heterocycles. The van der Waals surface area contributed by atoms with Crippen LogP contribution in [0.5, 0.6) is 0 Å². The van der Waals surface area contributed by atoms with Crippen LogP contribution in [0.25, 0.3) is 0 Å². The predicted octanol–water partition coefficient (Wildman–Crippen LogP) is 1.38. The number of aryl methyl sites for hydroxylation is 1. The van der Waals surface area contributed by atoms with Crippen molar-refractivity contribution in [1.29, 1.82) is 0 Å². The molecule has 2 aromatic rings. The smallest absolute Gasteiger partial charge is 0.313 e. The zero-order valence-corrected chi connectivity index (χ0v) is 13.2. The van der Waals surface area contributed by atoms with Crippen molar-refractivity contribution in [2.75, 3.05) is 6.54 Å². The van der Waals surface area contributed by atoms with Gasteiger partial charge in [-0.2, -0.15) is 4.98 Å². The second-order valence-corrected chi connectivity index (χ2v) is 5.71. The van der Waals surface area contributed by atoms with E-state index in [1.165, 1.54) is 16.4 Å². The molecule has 21 heavy (non-hydrogen) atoms. The molecule has 0 bridgehead atoms. The summed E-state index contributed by atoms with van der Waals surface area (Å²) >= 11 is 7.51. The standard InChI is InChI=1S/C13H15ClN4O2S/c1-3-15-7-8-9(14)5-4-6-10(8)21-13-16-11(19)12(20)17-18(13)2/h4-6,15H,3,7H2,1-2H3,(H,17,20). The van der Waals surface area contributed by atoms with Gasteiger partial charge < -0.3 is 5.32 Å². The lowest BCUT2D eigenvalue weighted by Gasteiger charge is -2.12. The first-order valence-corrected chi connectivity index (χ1v) is 7.55. The van der Waals surface area contributed by atoms with Gasteiger partial charge in [-0.3, -0.25) is 19.4 Å². The number of halogens is 1. The molecule has 0 aliphatic carbocycles. The molecule has 6 nitrogen and oxygen atoms in total. The summed E-state index contributed by atoms with van der Waals surface area (Å²) in [5.41, 5.74) is -0.599. The lowest BCUT2D eigenvalue weighted by Crippen LogP contribution is -2.33. The highest BCUT2D eigenvalue weighted by Gasteiger charge is 2.11. The molecule has 1 aromatic carbocycles. The summed E-state index contributed by atoms with van der Waals surface area (Å²) in [5.74, 6) is 0. The highest BCUT2D eigenvalue weighted by Crippen LogP contribution is 2.31. The third-order valence-electron chi connectivity index (χ3n) is 2.78. The Kier molecular flexibility index (Phi) is 5.22. The van der Waals surface area contributed by atoms with Crippen molar-refractivity contribution in [3.63, 3.8) is 0 Å².